The first-order valence-electron chi connectivity index (χ1n) is 6.56. The van der Waals surface area contributed by atoms with Gasteiger partial charge in [0.2, 0.25) is 5.91 Å². The zero-order valence-electron chi connectivity index (χ0n) is 11.7. The van der Waals surface area contributed by atoms with Crippen molar-refractivity contribution in [1.29, 1.82) is 0 Å². The Labute approximate surface area is 118 Å². The van der Waals surface area contributed by atoms with Crippen molar-refractivity contribution in [2.75, 3.05) is 6.61 Å². The van der Waals surface area contributed by atoms with Crippen molar-refractivity contribution in [2.45, 2.75) is 26.4 Å². The second-order valence-electron chi connectivity index (χ2n) is 4.80. The molecule has 2 rings (SSSR count). The lowest BCUT2D eigenvalue weighted by Gasteiger charge is -2.17. The first-order chi connectivity index (χ1) is 9.60. The van der Waals surface area contributed by atoms with E-state index in [1.165, 1.54) is 0 Å². The van der Waals surface area contributed by atoms with Gasteiger partial charge >= 0.3 is 0 Å². The molecule has 0 aliphatic heterocycles. The minimum atomic E-state index is -0.388. The van der Waals surface area contributed by atoms with Gasteiger partial charge in [0, 0.05) is 5.69 Å². The van der Waals surface area contributed by atoms with Gasteiger partial charge in [0.1, 0.15) is 6.54 Å². The molecule has 5 heteroatoms. The molecule has 106 valence electrons. The number of carbonyl (C=O) groups excluding carboxylic acids is 1. The number of aliphatic hydroxyl groups is 1. The van der Waals surface area contributed by atoms with Gasteiger partial charge in [0.25, 0.3) is 0 Å². The number of nitrogens with zero attached hydrogens (tertiary/aromatic N) is 2. The van der Waals surface area contributed by atoms with Gasteiger partial charge in [0.05, 0.1) is 18.3 Å². The zero-order chi connectivity index (χ0) is 14.5. The van der Waals surface area contributed by atoms with Gasteiger partial charge in [-0.1, -0.05) is 30.3 Å². The van der Waals surface area contributed by atoms with Gasteiger partial charge in [-0.25, -0.2) is 0 Å². The van der Waals surface area contributed by atoms with E-state index in [2.05, 4.69) is 10.4 Å². The van der Waals surface area contributed by atoms with Gasteiger partial charge in [-0.3, -0.25) is 9.48 Å². The van der Waals surface area contributed by atoms with Gasteiger partial charge in [0.15, 0.2) is 0 Å². The summed E-state index contributed by atoms with van der Waals surface area (Å²) in [6.07, 6.45) is 0. The number of carbonyl (C=O) groups is 1. The van der Waals surface area contributed by atoms with Crippen LogP contribution < -0.4 is 5.32 Å². The van der Waals surface area contributed by atoms with Crippen LogP contribution in [-0.2, 0) is 11.3 Å². The van der Waals surface area contributed by atoms with Crippen LogP contribution in [0.15, 0.2) is 36.4 Å². The van der Waals surface area contributed by atoms with Crippen LogP contribution in [0.25, 0.3) is 0 Å². The highest BCUT2D eigenvalue weighted by Crippen LogP contribution is 2.11. The SMILES string of the molecule is Cc1cc(C)n(CC(=O)N[C@H](CO)c2ccccc2)n1. The summed E-state index contributed by atoms with van der Waals surface area (Å²) in [6, 6.07) is 11.0. The van der Waals surface area contributed by atoms with E-state index in [1.54, 1.807) is 4.68 Å². The van der Waals surface area contributed by atoms with Crippen LogP contribution in [0.3, 0.4) is 0 Å². The first kappa shape index (κ1) is 14.3. The lowest BCUT2D eigenvalue weighted by atomic mass is 10.1. The highest BCUT2D eigenvalue weighted by Gasteiger charge is 2.14. The van der Waals surface area contributed by atoms with Gasteiger partial charge in [-0.05, 0) is 25.5 Å². The minimum absolute atomic E-state index is 0.132. The maximum atomic E-state index is 12.0. The third-order valence-corrected chi connectivity index (χ3v) is 3.12. The second-order valence-corrected chi connectivity index (χ2v) is 4.80. The van der Waals surface area contributed by atoms with Crippen molar-refractivity contribution in [3.05, 3.63) is 53.3 Å². The zero-order valence-corrected chi connectivity index (χ0v) is 11.7. The smallest absolute Gasteiger partial charge is 0.242 e. The summed E-state index contributed by atoms with van der Waals surface area (Å²) >= 11 is 0. The number of hydrogen-bond donors (Lipinski definition) is 2. The molecule has 0 saturated heterocycles. The predicted molar refractivity (Wildman–Crippen MR) is 76.1 cm³/mol. The Morgan fingerprint density at radius 3 is 2.60 bits per heavy atom. The summed E-state index contributed by atoms with van der Waals surface area (Å²) in [6.45, 7) is 3.83. The molecular weight excluding hydrogens is 254 g/mol. The fourth-order valence-electron chi connectivity index (χ4n) is 2.13. The number of benzene rings is 1. The highest BCUT2D eigenvalue weighted by molar-refractivity contribution is 5.76. The molecule has 0 fully saturated rings. The predicted octanol–water partition coefficient (Wildman–Crippen LogP) is 1.35. The first-order valence-corrected chi connectivity index (χ1v) is 6.56. The molecule has 1 aromatic carbocycles. The number of amides is 1. The lowest BCUT2D eigenvalue weighted by Crippen LogP contribution is -2.33. The molecule has 0 spiro atoms. The van der Waals surface area contributed by atoms with E-state index in [9.17, 15) is 9.90 Å². The Morgan fingerprint density at radius 1 is 1.35 bits per heavy atom. The number of nitrogens with one attached hydrogen (secondary N) is 1. The molecule has 2 aromatic rings. The van der Waals surface area contributed by atoms with E-state index < -0.39 is 0 Å². The molecule has 0 radical (unpaired) electrons. The molecule has 0 aliphatic rings. The fraction of sp³-hybridized carbons (Fsp3) is 0.333. The fourth-order valence-corrected chi connectivity index (χ4v) is 2.13. The molecule has 20 heavy (non-hydrogen) atoms. The third kappa shape index (κ3) is 3.45. The molecular formula is C15H19N3O2. The van der Waals surface area contributed by atoms with Crippen LogP contribution in [-0.4, -0.2) is 27.4 Å². The van der Waals surface area contributed by atoms with E-state index in [0.29, 0.717) is 0 Å². The highest BCUT2D eigenvalue weighted by atomic mass is 16.3. The molecule has 2 N–H and O–H groups in total. The van der Waals surface area contributed by atoms with Gasteiger partial charge in [-0.2, -0.15) is 5.10 Å². The van der Waals surface area contributed by atoms with E-state index in [1.807, 2.05) is 50.2 Å². The average Bonchev–Trinajstić information content (AvgIpc) is 2.75. The summed E-state index contributed by atoms with van der Waals surface area (Å²) in [4.78, 5) is 12.0. The summed E-state index contributed by atoms with van der Waals surface area (Å²) in [5.74, 6) is -0.167. The number of hydrogen-bond acceptors (Lipinski definition) is 3. The summed E-state index contributed by atoms with van der Waals surface area (Å²) < 4.78 is 1.66. The van der Waals surface area contributed by atoms with E-state index in [4.69, 9.17) is 0 Å². The maximum Gasteiger partial charge on any atom is 0.242 e. The van der Waals surface area contributed by atoms with E-state index in [0.717, 1.165) is 17.0 Å². The van der Waals surface area contributed by atoms with Crippen LogP contribution in [0.1, 0.15) is 23.0 Å². The number of aromatic nitrogens is 2. The topological polar surface area (TPSA) is 67.2 Å². The summed E-state index contributed by atoms with van der Waals surface area (Å²) in [5.41, 5.74) is 2.71. The van der Waals surface area contributed by atoms with Crippen molar-refractivity contribution >= 4 is 5.91 Å². The van der Waals surface area contributed by atoms with Gasteiger partial charge < -0.3 is 10.4 Å². The van der Waals surface area contributed by atoms with Crippen LogP contribution >= 0.6 is 0 Å². The molecule has 1 heterocycles. The van der Waals surface area contributed by atoms with Crippen LogP contribution in [0.5, 0.6) is 0 Å². The molecule has 0 saturated carbocycles. The molecule has 1 amide bonds. The van der Waals surface area contributed by atoms with Crippen molar-refractivity contribution in [2.24, 2.45) is 0 Å². The Bertz CT molecular complexity index is 578. The van der Waals surface area contributed by atoms with E-state index in [-0.39, 0.29) is 25.1 Å². The Hall–Kier alpha value is -2.14. The van der Waals surface area contributed by atoms with Crippen molar-refractivity contribution < 1.29 is 9.90 Å². The molecule has 0 aliphatic carbocycles. The summed E-state index contributed by atoms with van der Waals surface area (Å²) in [7, 11) is 0. The van der Waals surface area contributed by atoms with Crippen LogP contribution in [0, 0.1) is 13.8 Å². The number of aryl methyl sites for hydroxylation is 2. The Balaban J connectivity index is 2.01. The standard InChI is InChI=1S/C15H19N3O2/c1-11-8-12(2)18(17-11)9-15(20)16-14(10-19)13-6-4-3-5-7-13/h3-8,14,19H,9-10H2,1-2H3,(H,16,20)/t14-/m1/s1. The average molecular weight is 273 g/mol. The molecule has 5 nitrogen and oxygen atoms in total. The number of aliphatic hydroxyl groups excluding tert-OH is 1. The normalized spacial score (nSPS) is 12.2. The molecule has 1 aromatic heterocycles. The largest absolute Gasteiger partial charge is 0.394 e. The maximum absolute atomic E-state index is 12.0. The van der Waals surface area contributed by atoms with Crippen molar-refractivity contribution in [3.63, 3.8) is 0 Å². The quantitative estimate of drug-likeness (QED) is 0.864. The third-order valence-electron chi connectivity index (χ3n) is 3.12. The minimum Gasteiger partial charge on any atom is -0.394 e. The molecule has 0 unspecified atom stereocenters. The lowest BCUT2D eigenvalue weighted by molar-refractivity contribution is -0.123. The molecule has 0 bridgehead atoms. The van der Waals surface area contributed by atoms with Crippen LogP contribution in [0.2, 0.25) is 0 Å². The Kier molecular flexibility index (Phi) is 4.53. The van der Waals surface area contributed by atoms with E-state index >= 15 is 0 Å². The second kappa shape index (κ2) is 6.34. The Morgan fingerprint density at radius 2 is 2.05 bits per heavy atom. The molecule has 1 atom stereocenters. The van der Waals surface area contributed by atoms with Crippen molar-refractivity contribution in [1.82, 2.24) is 15.1 Å². The van der Waals surface area contributed by atoms with Crippen LogP contribution in [0.4, 0.5) is 0 Å². The number of rotatable bonds is 5. The summed E-state index contributed by atoms with van der Waals surface area (Å²) in [5, 5.41) is 16.5. The van der Waals surface area contributed by atoms with Crippen molar-refractivity contribution in [3.8, 4) is 0 Å². The monoisotopic (exact) mass is 273 g/mol. The van der Waals surface area contributed by atoms with Gasteiger partial charge in [-0.15, -0.1) is 0 Å².